The number of urea groups is 2. The van der Waals surface area contributed by atoms with Gasteiger partial charge in [-0.15, -0.1) is 0 Å². The van der Waals surface area contributed by atoms with Crippen molar-refractivity contribution in [2.24, 2.45) is 9.98 Å². The topological polar surface area (TPSA) is 200 Å². The second-order valence-electron chi connectivity index (χ2n) is 20.3. The number of benzene rings is 2. The van der Waals surface area contributed by atoms with E-state index in [1.807, 2.05) is 91.8 Å². The molecule has 0 radical (unpaired) electrons. The molecule has 0 spiro atoms. The zero-order valence-corrected chi connectivity index (χ0v) is 53.1. The van der Waals surface area contributed by atoms with Crippen LogP contribution in [0.4, 0.5) is 9.59 Å². The molecule has 0 aliphatic carbocycles. The average molecular weight is 1130 g/mol. The van der Waals surface area contributed by atoms with Crippen molar-refractivity contribution in [3.05, 3.63) is 70.8 Å². The van der Waals surface area contributed by atoms with Crippen LogP contribution in [0.25, 0.3) is 0 Å². The maximum absolute atomic E-state index is 14.2. The van der Waals surface area contributed by atoms with Gasteiger partial charge in [-0.05, 0) is 103 Å². The molecule has 0 aliphatic heterocycles. The lowest BCUT2D eigenvalue weighted by Gasteiger charge is -2.33. The third-order valence-corrected chi connectivity index (χ3v) is 25.4. The predicted molar refractivity (Wildman–Crippen MR) is 300 cm³/mol. The summed E-state index contributed by atoms with van der Waals surface area (Å²) in [7, 11) is 7.58. The zero-order chi connectivity index (χ0) is 56.8. The van der Waals surface area contributed by atoms with Crippen molar-refractivity contribution in [2.45, 2.75) is 127 Å². The van der Waals surface area contributed by atoms with E-state index in [-0.39, 0.29) is 12.1 Å². The number of amides is 4. The minimum absolute atomic E-state index is 0.221. The fraction of sp³-hybridized carbons (Fsp3) is 0.706. The van der Waals surface area contributed by atoms with Crippen LogP contribution in [0, 0.1) is 0 Å². The molecule has 2 rings (SSSR count). The number of rotatable bonds is 36. The number of hydrogen-bond acceptors (Lipinski definition) is 16. The van der Waals surface area contributed by atoms with E-state index in [0.717, 1.165) is 22.3 Å². The normalized spacial score (nSPS) is 13.1. The first-order valence-corrected chi connectivity index (χ1v) is 33.1. The highest BCUT2D eigenvalue weighted by atomic mass is 28.4. The van der Waals surface area contributed by atoms with Crippen LogP contribution in [0.15, 0.2) is 58.5 Å². The third kappa shape index (κ3) is 19.6. The van der Waals surface area contributed by atoms with Gasteiger partial charge in [-0.3, -0.25) is 0 Å². The van der Waals surface area contributed by atoms with Crippen LogP contribution >= 0.6 is 0 Å². The minimum Gasteiger partial charge on any atom is -0.377 e. The van der Waals surface area contributed by atoms with E-state index in [1.54, 1.807) is 95.1 Å². The van der Waals surface area contributed by atoms with Crippen molar-refractivity contribution in [1.29, 1.82) is 0 Å². The van der Waals surface area contributed by atoms with Gasteiger partial charge in [-0.1, -0.05) is 48.5 Å². The molecule has 2 aromatic rings. The van der Waals surface area contributed by atoms with Crippen molar-refractivity contribution >= 4 is 53.3 Å². The summed E-state index contributed by atoms with van der Waals surface area (Å²) in [5.74, 6) is 0. The molecule has 0 unspecified atom stereocenters. The van der Waals surface area contributed by atoms with Crippen LogP contribution in [0.2, 0.25) is 24.2 Å². The molecule has 0 heterocycles. The van der Waals surface area contributed by atoms with Crippen LogP contribution in [-0.4, -0.2) is 175 Å². The molecule has 0 atom stereocenters. The van der Waals surface area contributed by atoms with Gasteiger partial charge in [0.15, 0.2) is 0 Å². The number of nitrogens with zero attached hydrogens (tertiary/aromatic N) is 4. The van der Waals surface area contributed by atoms with Crippen molar-refractivity contribution < 1.29 is 62.7 Å². The lowest BCUT2D eigenvalue weighted by atomic mass is 9.87. The number of carbonyl (C=O) groups is 2. The van der Waals surface area contributed by atoms with Gasteiger partial charge in [0.25, 0.3) is 0 Å². The summed E-state index contributed by atoms with van der Waals surface area (Å²) in [4.78, 5) is 41.7. The van der Waals surface area contributed by atoms with Gasteiger partial charge in [-0.2, -0.15) is 0 Å². The standard InChI is InChI=1S/C51H94N6O14Si4/c1-48(2,42-27-21-29-44(39-42)50(5,6)54-46(58)56(31-23-35-72(60-9,61-10)62-11)32-24-36-73(63-12,64-13)65-14)52-41-53-49(3,4)43-28-22-30-45(40-43)51(7,8)55-47(59)57(33-25-37-74(66-15,67-16)68-17)34-26-38-75(69-18,70-19)71-20/h21-22,27-30,39-40H,23-26,31-38H2,1-20H3,(H,54,58)(H,55,59). The molecule has 24 heteroatoms. The van der Waals surface area contributed by atoms with Crippen LogP contribution < -0.4 is 10.6 Å². The number of hydrogen-bond donors (Lipinski definition) is 2. The molecular formula is C51H94N6O14Si4. The average Bonchev–Trinajstić information content (AvgIpc) is 3.40. The molecule has 0 aromatic heterocycles. The van der Waals surface area contributed by atoms with E-state index in [1.165, 1.54) is 0 Å². The van der Waals surface area contributed by atoms with E-state index in [4.69, 9.17) is 63.1 Å². The van der Waals surface area contributed by atoms with E-state index < -0.39 is 57.4 Å². The Bertz CT molecular complexity index is 1870. The highest BCUT2D eigenvalue weighted by molar-refractivity contribution is 6.61. The highest BCUT2D eigenvalue weighted by Gasteiger charge is 2.41. The Labute approximate surface area is 454 Å². The molecule has 0 aliphatic rings. The summed E-state index contributed by atoms with van der Waals surface area (Å²) in [5, 5.41) is 6.58. The number of aliphatic imine (C=N–C) groups is 2. The summed E-state index contributed by atoms with van der Waals surface area (Å²) in [6, 6.07) is 20.9. The number of carbonyl (C=O) groups excluding carboxylic acids is 2. The first-order chi connectivity index (χ1) is 35.2. The van der Waals surface area contributed by atoms with E-state index in [0.29, 0.717) is 76.0 Å². The summed E-state index contributed by atoms with van der Waals surface area (Å²) in [6.45, 7) is 17.7. The lowest BCUT2D eigenvalue weighted by molar-refractivity contribution is 0.119. The summed E-state index contributed by atoms with van der Waals surface area (Å²) < 4.78 is 67.8. The zero-order valence-electron chi connectivity index (χ0n) is 49.1. The SMILES string of the molecule is CO[Si](CCCN(CCC[Si](OC)(OC)OC)C(=O)NC(C)(C)c1cccc(C(C)(C)N=C=NC(C)(C)c2cccc(C(C)(C)NC(=O)N(CCC[Si](OC)(OC)OC)CCC[Si](OC)(OC)OC)c2)c1)(OC)OC. The Kier molecular flexibility index (Phi) is 27.8. The summed E-state index contributed by atoms with van der Waals surface area (Å²) in [5.41, 5.74) is 0.628. The Morgan fingerprint density at radius 1 is 0.427 bits per heavy atom. The maximum Gasteiger partial charge on any atom is 0.500 e. The molecule has 428 valence electrons. The minimum atomic E-state index is -2.86. The molecule has 75 heavy (non-hydrogen) atoms. The smallest absolute Gasteiger partial charge is 0.377 e. The third-order valence-electron chi connectivity index (χ3n) is 14.0. The van der Waals surface area contributed by atoms with Gasteiger partial charge in [0.1, 0.15) is 0 Å². The maximum atomic E-state index is 14.2. The van der Waals surface area contributed by atoms with E-state index in [9.17, 15) is 9.59 Å². The molecule has 0 saturated heterocycles. The molecule has 0 bridgehead atoms. The lowest BCUT2D eigenvalue weighted by Crippen LogP contribution is -2.50. The monoisotopic (exact) mass is 1130 g/mol. The van der Waals surface area contributed by atoms with Gasteiger partial charge in [-0.25, -0.2) is 19.6 Å². The molecule has 0 fully saturated rings. The predicted octanol–water partition coefficient (Wildman–Crippen LogP) is 8.60. The first-order valence-electron chi connectivity index (χ1n) is 25.4. The Balaban J connectivity index is 2.36. The molecule has 0 saturated carbocycles. The largest absolute Gasteiger partial charge is 0.500 e. The Morgan fingerprint density at radius 3 is 0.880 bits per heavy atom. The van der Waals surface area contributed by atoms with Crippen LogP contribution in [0.1, 0.15) is 103 Å². The fourth-order valence-electron chi connectivity index (χ4n) is 8.62. The molecule has 2 N–H and O–H groups in total. The van der Waals surface area contributed by atoms with Crippen LogP contribution in [0.3, 0.4) is 0 Å². The van der Waals surface area contributed by atoms with Crippen molar-refractivity contribution in [3.63, 3.8) is 0 Å². The highest BCUT2D eigenvalue weighted by Crippen LogP contribution is 2.32. The summed E-state index contributed by atoms with van der Waals surface area (Å²) >= 11 is 0. The second-order valence-corrected chi connectivity index (χ2v) is 32.6. The van der Waals surface area contributed by atoms with Crippen molar-refractivity contribution in [2.75, 3.05) is 111 Å². The van der Waals surface area contributed by atoms with E-state index in [2.05, 4.69) is 28.8 Å². The van der Waals surface area contributed by atoms with Gasteiger partial charge >= 0.3 is 47.3 Å². The number of nitrogens with one attached hydrogen (secondary N) is 2. The Morgan fingerprint density at radius 2 is 0.653 bits per heavy atom. The van der Waals surface area contributed by atoms with Crippen molar-refractivity contribution in [3.8, 4) is 0 Å². The quantitative estimate of drug-likeness (QED) is 0.0485. The van der Waals surface area contributed by atoms with Gasteiger partial charge in [0.05, 0.1) is 28.2 Å². The van der Waals surface area contributed by atoms with Gasteiger partial charge < -0.3 is 73.5 Å². The van der Waals surface area contributed by atoms with Crippen LogP contribution in [0.5, 0.6) is 0 Å². The molecule has 20 nitrogen and oxygen atoms in total. The van der Waals surface area contributed by atoms with E-state index >= 15 is 0 Å². The summed E-state index contributed by atoms with van der Waals surface area (Å²) in [6.07, 6.45) is 2.41. The fourth-order valence-corrected chi connectivity index (χ4v) is 15.4. The van der Waals surface area contributed by atoms with Crippen LogP contribution in [-0.2, 0) is 75.3 Å². The molecule has 2 aromatic carbocycles. The second kappa shape index (κ2) is 30.8. The van der Waals surface area contributed by atoms with Gasteiger partial charge in [0, 0.05) is 136 Å². The Hall–Kier alpha value is -3.25. The molecular weight excluding hydrogens is 1030 g/mol. The van der Waals surface area contributed by atoms with Crippen molar-refractivity contribution in [1.82, 2.24) is 20.4 Å². The van der Waals surface area contributed by atoms with Gasteiger partial charge in [0.2, 0.25) is 0 Å². The molecule has 4 amide bonds. The first kappa shape index (κ1) is 67.9.